The first kappa shape index (κ1) is 11.6. The number of hydrogen-bond acceptors (Lipinski definition) is 5. The molecule has 0 aliphatic carbocycles. The molecule has 0 amide bonds. The van der Waals surface area contributed by atoms with Gasteiger partial charge in [0, 0.05) is 6.07 Å². The number of fused-ring (bicyclic) bond motifs is 1. The van der Waals surface area contributed by atoms with Crippen molar-refractivity contribution in [3.8, 4) is 22.8 Å². The average molecular weight is 261 g/mol. The van der Waals surface area contributed by atoms with Gasteiger partial charge >= 0.3 is 5.97 Å². The van der Waals surface area contributed by atoms with Crippen LogP contribution in [-0.2, 0) is 0 Å². The lowest BCUT2D eigenvalue weighted by Crippen LogP contribution is -2.16. The molecule has 2 heterocycles. The molecule has 0 fully saturated rings. The molecule has 0 spiro atoms. The Labute approximate surface area is 108 Å². The molecule has 6 nitrogen and oxygen atoms in total. The summed E-state index contributed by atoms with van der Waals surface area (Å²) in [6, 6.07) is 5.08. The molecule has 0 radical (unpaired) electrons. The normalized spacial score (nSPS) is 13.3. The molecule has 1 aliphatic heterocycles. The first-order valence-corrected chi connectivity index (χ1v) is 5.76. The summed E-state index contributed by atoms with van der Waals surface area (Å²) in [5, 5.41) is 12.4. The number of benzene rings is 1. The molecule has 1 N–H and O–H groups in total. The summed E-state index contributed by atoms with van der Waals surface area (Å²) in [6.07, 6.45) is 0. The fourth-order valence-corrected chi connectivity index (χ4v) is 1.98. The summed E-state index contributed by atoms with van der Waals surface area (Å²) in [7, 11) is 0. The van der Waals surface area contributed by atoms with Crippen LogP contribution in [0.2, 0.25) is 0 Å². The summed E-state index contributed by atoms with van der Waals surface area (Å²) in [6.45, 7) is 2.85. The van der Waals surface area contributed by atoms with Gasteiger partial charge in [-0.3, -0.25) is 0 Å². The maximum Gasteiger partial charge on any atom is 0.358 e. The van der Waals surface area contributed by atoms with Crippen molar-refractivity contribution in [2.24, 2.45) is 0 Å². The van der Waals surface area contributed by atoms with Crippen LogP contribution < -0.4 is 9.47 Å². The number of aryl methyl sites for hydroxylation is 1. The molecule has 0 atom stereocenters. The molecule has 0 unspecified atom stereocenters. The summed E-state index contributed by atoms with van der Waals surface area (Å²) < 4.78 is 16.2. The van der Waals surface area contributed by atoms with Gasteiger partial charge in [0.15, 0.2) is 23.0 Å². The lowest BCUT2D eigenvalue weighted by atomic mass is 10.1. The molecule has 98 valence electrons. The number of carboxylic acid groups (broad SMARTS) is 1. The monoisotopic (exact) mass is 261 g/mol. The van der Waals surface area contributed by atoms with Crippen LogP contribution >= 0.6 is 0 Å². The van der Waals surface area contributed by atoms with Crippen LogP contribution in [0.5, 0.6) is 11.5 Å². The van der Waals surface area contributed by atoms with Gasteiger partial charge in [0.2, 0.25) is 0 Å². The highest BCUT2D eigenvalue weighted by atomic mass is 16.6. The Bertz CT molecular complexity index is 646. The number of ether oxygens (including phenoxy) is 2. The summed E-state index contributed by atoms with van der Waals surface area (Å²) in [5.41, 5.74) is 1.48. The van der Waals surface area contributed by atoms with E-state index < -0.39 is 5.97 Å². The van der Waals surface area contributed by atoms with E-state index in [1.807, 2.05) is 19.1 Å². The molecule has 0 bridgehead atoms. The topological polar surface area (TPSA) is 81.8 Å². The van der Waals surface area contributed by atoms with E-state index in [2.05, 4.69) is 5.16 Å². The highest BCUT2D eigenvalue weighted by molar-refractivity contribution is 5.87. The number of hydrogen-bond donors (Lipinski definition) is 1. The van der Waals surface area contributed by atoms with Crippen molar-refractivity contribution in [2.75, 3.05) is 13.2 Å². The number of nitrogens with zero attached hydrogens (tertiary/aromatic N) is 1. The second kappa shape index (κ2) is 4.31. The van der Waals surface area contributed by atoms with E-state index in [0.717, 1.165) is 5.56 Å². The van der Waals surface area contributed by atoms with Crippen molar-refractivity contribution in [3.63, 3.8) is 0 Å². The molecule has 0 saturated heterocycles. The van der Waals surface area contributed by atoms with Crippen LogP contribution in [0.1, 0.15) is 16.1 Å². The highest BCUT2D eigenvalue weighted by Gasteiger charge is 2.21. The largest absolute Gasteiger partial charge is 0.486 e. The Hall–Kier alpha value is -2.50. The zero-order valence-corrected chi connectivity index (χ0v) is 10.2. The zero-order chi connectivity index (χ0) is 13.4. The van der Waals surface area contributed by atoms with Gasteiger partial charge in [-0.1, -0.05) is 5.16 Å². The number of carboxylic acids is 1. The fraction of sp³-hybridized carbons (Fsp3) is 0.231. The van der Waals surface area contributed by atoms with Gasteiger partial charge in [0.05, 0.1) is 5.56 Å². The van der Waals surface area contributed by atoms with Gasteiger partial charge < -0.3 is 19.1 Å². The van der Waals surface area contributed by atoms with Crippen molar-refractivity contribution in [3.05, 3.63) is 29.5 Å². The summed E-state index contributed by atoms with van der Waals surface area (Å²) in [5.74, 6) is 0.413. The third-order valence-corrected chi connectivity index (χ3v) is 2.78. The van der Waals surface area contributed by atoms with Crippen molar-refractivity contribution in [2.45, 2.75) is 6.92 Å². The molecule has 6 heteroatoms. The number of carbonyl (C=O) groups is 1. The van der Waals surface area contributed by atoms with E-state index in [1.165, 1.54) is 6.07 Å². The Morgan fingerprint density at radius 3 is 2.79 bits per heavy atom. The van der Waals surface area contributed by atoms with E-state index in [9.17, 15) is 4.79 Å². The van der Waals surface area contributed by atoms with Gasteiger partial charge in [0.25, 0.3) is 0 Å². The molecule has 1 aromatic heterocycles. The van der Waals surface area contributed by atoms with Gasteiger partial charge in [0.1, 0.15) is 13.2 Å². The Balaban J connectivity index is 2.12. The van der Waals surface area contributed by atoms with Gasteiger partial charge in [-0.15, -0.1) is 0 Å². The van der Waals surface area contributed by atoms with Crippen molar-refractivity contribution in [1.82, 2.24) is 5.16 Å². The minimum Gasteiger partial charge on any atom is -0.486 e. The van der Waals surface area contributed by atoms with E-state index in [4.69, 9.17) is 19.1 Å². The first-order chi connectivity index (χ1) is 9.15. The van der Waals surface area contributed by atoms with E-state index in [-0.39, 0.29) is 5.69 Å². The van der Waals surface area contributed by atoms with E-state index >= 15 is 0 Å². The van der Waals surface area contributed by atoms with Crippen molar-refractivity contribution < 1.29 is 23.9 Å². The van der Waals surface area contributed by atoms with Crippen LogP contribution in [0.25, 0.3) is 11.3 Å². The predicted octanol–water partition coefficient (Wildman–Crippen LogP) is 2.12. The lowest BCUT2D eigenvalue weighted by molar-refractivity contribution is 0.0686. The standard InChI is InChI=1S/C13H11NO5/c1-7-4-8(10-6-9(13(15)16)14-19-10)12-11(5-7)17-2-3-18-12/h4-6H,2-3H2,1H3,(H,15,16). The minimum atomic E-state index is -1.13. The minimum absolute atomic E-state index is 0.137. The maximum absolute atomic E-state index is 10.8. The Kier molecular flexibility index (Phi) is 2.63. The first-order valence-electron chi connectivity index (χ1n) is 5.76. The molecular weight excluding hydrogens is 250 g/mol. The van der Waals surface area contributed by atoms with Crippen LogP contribution in [0.15, 0.2) is 22.7 Å². The Morgan fingerprint density at radius 1 is 1.26 bits per heavy atom. The van der Waals surface area contributed by atoms with E-state index in [1.54, 1.807) is 0 Å². The maximum atomic E-state index is 10.8. The second-order valence-corrected chi connectivity index (χ2v) is 4.22. The molecule has 19 heavy (non-hydrogen) atoms. The number of aromatic carboxylic acids is 1. The number of aromatic nitrogens is 1. The van der Waals surface area contributed by atoms with Crippen LogP contribution in [0.3, 0.4) is 0 Å². The molecule has 2 aromatic rings. The van der Waals surface area contributed by atoms with Crippen LogP contribution in [-0.4, -0.2) is 29.4 Å². The molecule has 1 aromatic carbocycles. The van der Waals surface area contributed by atoms with Gasteiger partial charge in [-0.25, -0.2) is 4.79 Å². The zero-order valence-electron chi connectivity index (χ0n) is 10.2. The second-order valence-electron chi connectivity index (χ2n) is 4.22. The molecule has 0 saturated carbocycles. The quantitative estimate of drug-likeness (QED) is 0.891. The average Bonchev–Trinajstić information content (AvgIpc) is 2.87. The molecule has 3 rings (SSSR count). The predicted molar refractivity (Wildman–Crippen MR) is 64.6 cm³/mol. The smallest absolute Gasteiger partial charge is 0.358 e. The van der Waals surface area contributed by atoms with Crippen LogP contribution in [0, 0.1) is 6.92 Å². The molecule has 1 aliphatic rings. The number of rotatable bonds is 2. The highest BCUT2D eigenvalue weighted by Crippen LogP contribution is 2.41. The third kappa shape index (κ3) is 2.01. The SMILES string of the molecule is Cc1cc2c(c(-c3cc(C(=O)O)no3)c1)OCCO2. The third-order valence-electron chi connectivity index (χ3n) is 2.78. The van der Waals surface area contributed by atoms with Crippen molar-refractivity contribution in [1.29, 1.82) is 0 Å². The van der Waals surface area contributed by atoms with Gasteiger partial charge in [-0.2, -0.15) is 0 Å². The lowest BCUT2D eigenvalue weighted by Gasteiger charge is -2.20. The Morgan fingerprint density at radius 2 is 2.05 bits per heavy atom. The van der Waals surface area contributed by atoms with Crippen LogP contribution in [0.4, 0.5) is 0 Å². The summed E-state index contributed by atoms with van der Waals surface area (Å²) >= 11 is 0. The molecular formula is C13H11NO5. The van der Waals surface area contributed by atoms with Gasteiger partial charge in [-0.05, 0) is 24.6 Å². The summed E-state index contributed by atoms with van der Waals surface area (Å²) in [4.78, 5) is 10.8. The fourth-order valence-electron chi connectivity index (χ4n) is 1.98. The van der Waals surface area contributed by atoms with E-state index in [0.29, 0.717) is 36.0 Å². The van der Waals surface area contributed by atoms with Crippen molar-refractivity contribution >= 4 is 5.97 Å².